The Labute approximate surface area is 102 Å². The molecule has 1 N–H and O–H groups in total. The summed E-state index contributed by atoms with van der Waals surface area (Å²) in [6.07, 6.45) is 2.22. The van der Waals surface area contributed by atoms with Crippen LogP contribution in [0.15, 0.2) is 36.5 Å². The van der Waals surface area contributed by atoms with Crippen molar-refractivity contribution in [1.82, 2.24) is 4.98 Å². The molecule has 0 unspecified atom stereocenters. The number of aromatic nitrogens is 1. The third kappa shape index (κ3) is 2.68. The predicted molar refractivity (Wildman–Crippen MR) is 63.3 cm³/mol. The lowest BCUT2D eigenvalue weighted by Gasteiger charge is -2.07. The number of aldehydes is 1. The molecule has 0 atom stereocenters. The number of halogens is 2. The molecule has 0 aliphatic heterocycles. The summed E-state index contributed by atoms with van der Waals surface area (Å²) in [5, 5.41) is 2.90. The Bertz CT molecular complexity index is 573. The standard InChI is InChI=1S/C13H10F2N2O/c14-11-4-3-9(6-12(11)15)7-17-13-10(8-18)2-1-5-16-13/h1-6,8H,7H2,(H,16,17). The van der Waals surface area contributed by atoms with Crippen molar-refractivity contribution in [3.63, 3.8) is 0 Å². The maximum atomic E-state index is 13.0. The number of hydrogen-bond acceptors (Lipinski definition) is 3. The Morgan fingerprint density at radius 1 is 1.22 bits per heavy atom. The van der Waals surface area contributed by atoms with E-state index in [-0.39, 0.29) is 6.54 Å². The summed E-state index contributed by atoms with van der Waals surface area (Å²) in [4.78, 5) is 14.7. The van der Waals surface area contributed by atoms with E-state index in [1.54, 1.807) is 18.3 Å². The van der Waals surface area contributed by atoms with Crippen LogP contribution in [0.1, 0.15) is 15.9 Å². The summed E-state index contributed by atoms with van der Waals surface area (Å²) in [5.41, 5.74) is 0.983. The second-order valence-electron chi connectivity index (χ2n) is 3.66. The molecule has 0 aliphatic rings. The zero-order valence-electron chi connectivity index (χ0n) is 9.36. The van der Waals surface area contributed by atoms with Crippen molar-refractivity contribution in [2.45, 2.75) is 6.54 Å². The first kappa shape index (κ1) is 12.2. The van der Waals surface area contributed by atoms with Gasteiger partial charge in [0.25, 0.3) is 0 Å². The first-order valence-electron chi connectivity index (χ1n) is 5.28. The second-order valence-corrected chi connectivity index (χ2v) is 3.66. The first-order chi connectivity index (χ1) is 8.70. The molecule has 18 heavy (non-hydrogen) atoms. The molecule has 1 heterocycles. The molecular weight excluding hydrogens is 238 g/mol. The third-order valence-electron chi connectivity index (χ3n) is 2.41. The van der Waals surface area contributed by atoms with Crippen molar-refractivity contribution in [2.24, 2.45) is 0 Å². The van der Waals surface area contributed by atoms with Crippen LogP contribution in [0.25, 0.3) is 0 Å². The molecule has 92 valence electrons. The maximum Gasteiger partial charge on any atom is 0.159 e. The molecule has 0 spiro atoms. The van der Waals surface area contributed by atoms with Crippen LogP contribution in [0.5, 0.6) is 0 Å². The molecule has 0 bridgehead atoms. The zero-order chi connectivity index (χ0) is 13.0. The van der Waals surface area contributed by atoms with Crippen molar-refractivity contribution >= 4 is 12.1 Å². The van der Waals surface area contributed by atoms with E-state index in [0.717, 1.165) is 12.1 Å². The highest BCUT2D eigenvalue weighted by Gasteiger charge is 2.04. The van der Waals surface area contributed by atoms with Crippen LogP contribution in [0.3, 0.4) is 0 Å². The topological polar surface area (TPSA) is 42.0 Å². The van der Waals surface area contributed by atoms with E-state index in [1.165, 1.54) is 6.07 Å². The van der Waals surface area contributed by atoms with Crippen LogP contribution in [-0.4, -0.2) is 11.3 Å². The van der Waals surface area contributed by atoms with Gasteiger partial charge in [-0.2, -0.15) is 0 Å². The van der Waals surface area contributed by atoms with Gasteiger partial charge in [0.05, 0.1) is 5.56 Å². The minimum absolute atomic E-state index is 0.259. The minimum atomic E-state index is -0.897. The molecule has 0 saturated carbocycles. The summed E-state index contributed by atoms with van der Waals surface area (Å²) in [6.45, 7) is 0.259. The summed E-state index contributed by atoms with van der Waals surface area (Å²) in [6, 6.07) is 6.90. The predicted octanol–water partition coefficient (Wildman–Crippen LogP) is 2.78. The fraction of sp³-hybridized carbons (Fsp3) is 0.0769. The summed E-state index contributed by atoms with van der Waals surface area (Å²) >= 11 is 0. The minimum Gasteiger partial charge on any atom is -0.365 e. The molecule has 1 aromatic heterocycles. The SMILES string of the molecule is O=Cc1cccnc1NCc1ccc(F)c(F)c1. The number of carbonyl (C=O) groups is 1. The van der Waals surface area contributed by atoms with E-state index in [9.17, 15) is 13.6 Å². The summed E-state index contributed by atoms with van der Waals surface area (Å²) in [7, 11) is 0. The van der Waals surface area contributed by atoms with Gasteiger partial charge in [0, 0.05) is 12.7 Å². The van der Waals surface area contributed by atoms with Gasteiger partial charge in [-0.25, -0.2) is 13.8 Å². The van der Waals surface area contributed by atoms with E-state index in [2.05, 4.69) is 10.3 Å². The lowest BCUT2D eigenvalue weighted by molar-refractivity contribution is 0.112. The van der Waals surface area contributed by atoms with E-state index in [4.69, 9.17) is 0 Å². The van der Waals surface area contributed by atoms with Gasteiger partial charge < -0.3 is 5.32 Å². The van der Waals surface area contributed by atoms with Crippen LogP contribution in [0.4, 0.5) is 14.6 Å². The summed E-state index contributed by atoms with van der Waals surface area (Å²) in [5.74, 6) is -1.37. The van der Waals surface area contributed by atoms with Crippen molar-refractivity contribution in [2.75, 3.05) is 5.32 Å². The lowest BCUT2D eigenvalue weighted by Crippen LogP contribution is -2.04. The highest BCUT2D eigenvalue weighted by Crippen LogP contribution is 2.12. The number of benzene rings is 1. The van der Waals surface area contributed by atoms with E-state index in [1.807, 2.05) is 0 Å². The molecule has 5 heteroatoms. The number of hydrogen-bond donors (Lipinski definition) is 1. The van der Waals surface area contributed by atoms with Gasteiger partial charge in [-0.3, -0.25) is 4.79 Å². The summed E-state index contributed by atoms with van der Waals surface area (Å²) < 4.78 is 25.7. The molecular formula is C13H10F2N2O. The maximum absolute atomic E-state index is 13.0. The third-order valence-corrected chi connectivity index (χ3v) is 2.41. The number of anilines is 1. The average Bonchev–Trinajstić information content (AvgIpc) is 2.40. The molecule has 3 nitrogen and oxygen atoms in total. The van der Waals surface area contributed by atoms with Crippen LogP contribution in [0.2, 0.25) is 0 Å². The highest BCUT2D eigenvalue weighted by atomic mass is 19.2. The van der Waals surface area contributed by atoms with Gasteiger partial charge in [-0.05, 0) is 29.8 Å². The number of carbonyl (C=O) groups excluding carboxylic acids is 1. The Morgan fingerprint density at radius 3 is 2.78 bits per heavy atom. The first-order valence-corrected chi connectivity index (χ1v) is 5.28. The molecule has 0 amide bonds. The Morgan fingerprint density at radius 2 is 2.06 bits per heavy atom. The smallest absolute Gasteiger partial charge is 0.159 e. The second kappa shape index (κ2) is 5.35. The molecule has 0 radical (unpaired) electrons. The number of nitrogens with zero attached hydrogens (tertiary/aromatic N) is 1. The number of pyridine rings is 1. The number of rotatable bonds is 4. The van der Waals surface area contributed by atoms with Crippen molar-refractivity contribution in [3.8, 4) is 0 Å². The Kier molecular flexibility index (Phi) is 3.62. The highest BCUT2D eigenvalue weighted by molar-refractivity contribution is 5.82. The van der Waals surface area contributed by atoms with Gasteiger partial charge in [0.2, 0.25) is 0 Å². The fourth-order valence-corrected chi connectivity index (χ4v) is 1.50. The van der Waals surface area contributed by atoms with Gasteiger partial charge in [0.1, 0.15) is 5.82 Å². The van der Waals surface area contributed by atoms with Crippen LogP contribution >= 0.6 is 0 Å². The lowest BCUT2D eigenvalue weighted by atomic mass is 10.2. The van der Waals surface area contributed by atoms with Gasteiger partial charge >= 0.3 is 0 Å². The molecule has 0 aliphatic carbocycles. The van der Waals surface area contributed by atoms with Crippen molar-refractivity contribution in [1.29, 1.82) is 0 Å². The number of nitrogens with one attached hydrogen (secondary N) is 1. The molecule has 0 fully saturated rings. The van der Waals surface area contributed by atoms with E-state index < -0.39 is 11.6 Å². The monoisotopic (exact) mass is 248 g/mol. The van der Waals surface area contributed by atoms with E-state index in [0.29, 0.717) is 23.2 Å². The zero-order valence-corrected chi connectivity index (χ0v) is 9.36. The van der Waals surface area contributed by atoms with Crippen molar-refractivity contribution < 1.29 is 13.6 Å². The van der Waals surface area contributed by atoms with E-state index >= 15 is 0 Å². The van der Waals surface area contributed by atoms with Gasteiger partial charge in [-0.15, -0.1) is 0 Å². The average molecular weight is 248 g/mol. The largest absolute Gasteiger partial charge is 0.365 e. The normalized spacial score (nSPS) is 10.1. The fourth-order valence-electron chi connectivity index (χ4n) is 1.50. The Hall–Kier alpha value is -2.30. The van der Waals surface area contributed by atoms with Gasteiger partial charge in [0.15, 0.2) is 17.9 Å². The molecule has 2 rings (SSSR count). The molecule has 2 aromatic rings. The van der Waals surface area contributed by atoms with Crippen molar-refractivity contribution in [3.05, 3.63) is 59.3 Å². The van der Waals surface area contributed by atoms with Crippen LogP contribution in [-0.2, 0) is 6.54 Å². The van der Waals surface area contributed by atoms with Crippen LogP contribution in [0, 0.1) is 11.6 Å². The quantitative estimate of drug-likeness (QED) is 0.846. The molecule has 1 aromatic carbocycles. The van der Waals surface area contributed by atoms with Crippen LogP contribution < -0.4 is 5.32 Å². The Balaban J connectivity index is 2.11. The van der Waals surface area contributed by atoms with Gasteiger partial charge in [-0.1, -0.05) is 6.07 Å². The molecule has 0 saturated heterocycles.